The number of piperidine rings is 1. The average Bonchev–Trinajstić information content (AvgIpc) is 3.38. The lowest BCUT2D eigenvalue weighted by molar-refractivity contribution is -0.125. The second-order valence-electron chi connectivity index (χ2n) is 9.17. The second-order valence-corrected chi connectivity index (χ2v) is 10.6. The predicted octanol–water partition coefficient (Wildman–Crippen LogP) is 6.40. The third-order valence-electron chi connectivity index (χ3n) is 7.16. The molecule has 0 saturated carbocycles. The van der Waals surface area contributed by atoms with E-state index >= 15 is 0 Å². The number of hydrogen-bond donors (Lipinski definition) is 1. The number of rotatable bonds is 6. The van der Waals surface area contributed by atoms with Crippen LogP contribution in [0.5, 0.6) is 5.75 Å². The number of nitrogens with zero attached hydrogens (tertiary/aromatic N) is 1. The van der Waals surface area contributed by atoms with Crippen molar-refractivity contribution in [3.63, 3.8) is 0 Å². The molecule has 1 saturated heterocycles. The molecule has 0 atom stereocenters. The number of halogens is 1. The van der Waals surface area contributed by atoms with E-state index in [1.807, 2.05) is 89.8 Å². The zero-order valence-electron chi connectivity index (χ0n) is 20.4. The Labute approximate surface area is 225 Å². The summed E-state index contributed by atoms with van der Waals surface area (Å²) in [4.78, 5) is 29.7. The maximum Gasteiger partial charge on any atom is 0.263 e. The average molecular weight is 531 g/mol. The molecule has 0 spiro atoms. The van der Waals surface area contributed by atoms with Crippen molar-refractivity contribution in [2.75, 3.05) is 20.2 Å². The van der Waals surface area contributed by atoms with Gasteiger partial charge in [0, 0.05) is 34.1 Å². The highest BCUT2D eigenvalue weighted by Gasteiger charge is 2.42. The maximum atomic E-state index is 13.7. The van der Waals surface area contributed by atoms with Crippen LogP contribution < -0.4 is 10.5 Å². The van der Waals surface area contributed by atoms with E-state index in [1.165, 1.54) is 11.3 Å². The lowest BCUT2D eigenvalue weighted by atomic mass is 9.72. The van der Waals surface area contributed by atoms with E-state index in [1.54, 1.807) is 7.11 Å². The number of primary amides is 1. The van der Waals surface area contributed by atoms with Gasteiger partial charge in [0.2, 0.25) is 5.91 Å². The lowest BCUT2D eigenvalue weighted by Crippen LogP contribution is -2.51. The van der Waals surface area contributed by atoms with Gasteiger partial charge in [-0.15, -0.1) is 11.3 Å². The van der Waals surface area contributed by atoms with E-state index in [-0.39, 0.29) is 11.8 Å². The van der Waals surface area contributed by atoms with Crippen molar-refractivity contribution in [1.29, 1.82) is 0 Å². The van der Waals surface area contributed by atoms with Crippen molar-refractivity contribution in [2.45, 2.75) is 18.3 Å². The van der Waals surface area contributed by atoms with Gasteiger partial charge in [-0.3, -0.25) is 9.59 Å². The molecule has 37 heavy (non-hydrogen) atoms. The Morgan fingerprint density at radius 1 is 0.919 bits per heavy atom. The fourth-order valence-electron chi connectivity index (χ4n) is 5.01. The summed E-state index contributed by atoms with van der Waals surface area (Å²) in [7, 11) is 1.63. The molecule has 5 rings (SSSR count). The van der Waals surface area contributed by atoms with Gasteiger partial charge in [0.1, 0.15) is 5.75 Å². The maximum absolute atomic E-state index is 13.7. The SMILES string of the molecule is COc1ccc(-c2cc(C(=O)N3CCC(C(N)=O)(c4ccccc4)CC3)sc2-c2ccccc2Cl)cc1. The molecule has 0 aliphatic carbocycles. The first-order chi connectivity index (χ1) is 17.9. The van der Waals surface area contributed by atoms with Crippen molar-refractivity contribution >= 4 is 34.8 Å². The van der Waals surface area contributed by atoms with Crippen LogP contribution in [0.1, 0.15) is 28.1 Å². The third kappa shape index (κ3) is 4.75. The standard InChI is InChI=1S/C30H27ClN2O3S/c1-36-22-13-11-20(12-14-22)24-19-26(37-27(24)23-9-5-6-10-25(23)31)28(34)33-17-15-30(16-18-33,29(32)35)21-7-3-2-4-8-21/h2-14,19H,15-18H2,1H3,(H2,32,35). The fourth-order valence-corrected chi connectivity index (χ4v) is 6.48. The van der Waals surface area contributed by atoms with Gasteiger partial charge in [-0.1, -0.05) is 72.3 Å². The summed E-state index contributed by atoms with van der Waals surface area (Å²) in [6.07, 6.45) is 0.984. The molecule has 0 radical (unpaired) electrons. The van der Waals surface area contributed by atoms with Crippen LogP contribution in [-0.2, 0) is 10.2 Å². The first-order valence-corrected chi connectivity index (χ1v) is 13.3. The van der Waals surface area contributed by atoms with Crippen molar-refractivity contribution in [2.24, 2.45) is 5.73 Å². The van der Waals surface area contributed by atoms with Crippen molar-refractivity contribution in [3.05, 3.63) is 100 Å². The Morgan fingerprint density at radius 2 is 1.57 bits per heavy atom. The zero-order chi connectivity index (χ0) is 26.0. The van der Waals surface area contributed by atoms with Crippen molar-refractivity contribution in [1.82, 2.24) is 4.90 Å². The number of thiophene rings is 1. The van der Waals surface area contributed by atoms with E-state index in [2.05, 4.69) is 0 Å². The molecule has 2 N–H and O–H groups in total. The van der Waals surface area contributed by atoms with Gasteiger partial charge >= 0.3 is 0 Å². The van der Waals surface area contributed by atoms with Crippen LogP contribution in [0.2, 0.25) is 5.02 Å². The van der Waals surface area contributed by atoms with Gasteiger partial charge in [-0.25, -0.2) is 0 Å². The van der Waals surface area contributed by atoms with Gasteiger partial charge in [0.05, 0.1) is 17.4 Å². The molecule has 3 aromatic carbocycles. The summed E-state index contributed by atoms with van der Waals surface area (Å²) in [6, 6.07) is 27.0. The Hall–Kier alpha value is -3.61. The molecule has 5 nitrogen and oxygen atoms in total. The van der Waals surface area contributed by atoms with Crippen LogP contribution in [0.3, 0.4) is 0 Å². The van der Waals surface area contributed by atoms with Crippen LogP contribution in [-0.4, -0.2) is 36.9 Å². The molecule has 1 fully saturated rings. The number of hydrogen-bond acceptors (Lipinski definition) is 4. The molecule has 188 valence electrons. The van der Waals surface area contributed by atoms with Gasteiger partial charge in [0.15, 0.2) is 0 Å². The van der Waals surface area contributed by atoms with E-state index in [0.717, 1.165) is 32.9 Å². The van der Waals surface area contributed by atoms with Gasteiger partial charge in [-0.2, -0.15) is 0 Å². The molecule has 1 aliphatic rings. The van der Waals surface area contributed by atoms with Crippen LogP contribution in [0.4, 0.5) is 0 Å². The molecule has 1 aromatic heterocycles. The molecule has 0 unspecified atom stereocenters. The van der Waals surface area contributed by atoms with Gasteiger partial charge < -0.3 is 15.4 Å². The smallest absolute Gasteiger partial charge is 0.263 e. The number of ether oxygens (including phenoxy) is 1. The molecule has 2 heterocycles. The van der Waals surface area contributed by atoms with E-state index in [9.17, 15) is 9.59 Å². The molecule has 4 aromatic rings. The Kier molecular flexibility index (Phi) is 7.04. The zero-order valence-corrected chi connectivity index (χ0v) is 22.0. The Bertz CT molecular complexity index is 1420. The minimum atomic E-state index is -0.759. The number of likely N-dealkylation sites (tertiary alicyclic amines) is 1. The molecule has 2 amide bonds. The Morgan fingerprint density at radius 3 is 2.19 bits per heavy atom. The van der Waals surface area contributed by atoms with Crippen LogP contribution >= 0.6 is 22.9 Å². The largest absolute Gasteiger partial charge is 0.497 e. The Balaban J connectivity index is 1.46. The first kappa shape index (κ1) is 25.1. The van der Waals surface area contributed by atoms with Crippen molar-refractivity contribution in [3.8, 4) is 27.3 Å². The van der Waals surface area contributed by atoms with E-state index in [0.29, 0.717) is 35.8 Å². The van der Waals surface area contributed by atoms with E-state index < -0.39 is 5.41 Å². The lowest BCUT2D eigenvalue weighted by Gasteiger charge is -2.40. The van der Waals surface area contributed by atoms with Gasteiger partial charge in [-0.05, 0) is 48.2 Å². The minimum Gasteiger partial charge on any atom is -0.497 e. The molecular weight excluding hydrogens is 504 g/mol. The molecular formula is C30H27ClN2O3S. The van der Waals surface area contributed by atoms with Crippen LogP contribution in [0, 0.1) is 0 Å². The number of carbonyl (C=O) groups excluding carboxylic acids is 2. The van der Waals surface area contributed by atoms with Gasteiger partial charge in [0.25, 0.3) is 5.91 Å². The molecule has 0 bridgehead atoms. The summed E-state index contributed by atoms with van der Waals surface area (Å²) in [5.74, 6) is 0.369. The minimum absolute atomic E-state index is 0.0517. The van der Waals surface area contributed by atoms with E-state index in [4.69, 9.17) is 22.1 Å². The highest BCUT2D eigenvalue weighted by atomic mass is 35.5. The predicted molar refractivity (Wildman–Crippen MR) is 149 cm³/mol. The second kappa shape index (κ2) is 10.4. The summed E-state index contributed by atoms with van der Waals surface area (Å²) in [5, 5.41) is 0.630. The molecule has 1 aliphatic heterocycles. The number of amides is 2. The number of benzene rings is 3. The number of carbonyl (C=O) groups is 2. The van der Waals surface area contributed by atoms with Crippen LogP contribution in [0.15, 0.2) is 84.9 Å². The fraction of sp³-hybridized carbons (Fsp3) is 0.200. The quantitative estimate of drug-likeness (QED) is 0.313. The summed E-state index contributed by atoms with van der Waals surface area (Å²) < 4.78 is 5.32. The summed E-state index contributed by atoms with van der Waals surface area (Å²) in [6.45, 7) is 0.904. The highest BCUT2D eigenvalue weighted by molar-refractivity contribution is 7.18. The first-order valence-electron chi connectivity index (χ1n) is 12.1. The van der Waals surface area contributed by atoms with Crippen molar-refractivity contribution < 1.29 is 14.3 Å². The van der Waals surface area contributed by atoms with Crippen LogP contribution in [0.25, 0.3) is 21.6 Å². The number of methoxy groups -OCH3 is 1. The summed E-state index contributed by atoms with van der Waals surface area (Å²) >= 11 is 8.01. The summed E-state index contributed by atoms with van der Waals surface area (Å²) in [5.41, 5.74) is 8.84. The normalized spacial score (nSPS) is 14.8. The number of nitrogens with two attached hydrogens (primary N) is 1. The topological polar surface area (TPSA) is 72.6 Å². The molecule has 7 heteroatoms. The monoisotopic (exact) mass is 530 g/mol. The highest BCUT2D eigenvalue weighted by Crippen LogP contribution is 2.43. The third-order valence-corrected chi connectivity index (χ3v) is 8.65.